The minimum absolute atomic E-state index is 0.778. The molecule has 0 amide bonds. The molecule has 1 N–H and O–H groups in total. The Labute approximate surface area is 59.9 Å². The van der Waals surface area contributed by atoms with Crippen LogP contribution >= 0.6 is 0 Å². The molecule has 1 aromatic rings. The maximum absolute atomic E-state index is 8.59. The Balaban J connectivity index is 2.96. The van der Waals surface area contributed by atoms with Gasteiger partial charge >= 0.3 is 0 Å². The second kappa shape index (κ2) is 3.01. The van der Waals surface area contributed by atoms with Crippen molar-refractivity contribution in [2.75, 3.05) is 0 Å². The Morgan fingerprint density at radius 1 is 1.60 bits per heavy atom. The molecule has 0 saturated heterocycles. The topological polar surface area (TPSA) is 33.1 Å². The number of hydrogen-bond donors (Lipinski definition) is 1. The Morgan fingerprint density at radius 3 is 2.90 bits per heavy atom. The molecule has 0 aliphatic carbocycles. The Morgan fingerprint density at radius 2 is 2.40 bits per heavy atom. The van der Waals surface area contributed by atoms with Crippen LogP contribution in [0.15, 0.2) is 30.7 Å². The summed E-state index contributed by atoms with van der Waals surface area (Å²) >= 11 is 0. The lowest BCUT2D eigenvalue weighted by molar-refractivity contribution is 0.475. The van der Waals surface area contributed by atoms with Gasteiger partial charge in [0.25, 0.3) is 0 Å². The molecule has 0 bridgehead atoms. The van der Waals surface area contributed by atoms with E-state index in [4.69, 9.17) is 5.11 Å². The SMILES string of the molecule is CC(=CO)c1ccccn1. The summed E-state index contributed by atoms with van der Waals surface area (Å²) in [7, 11) is 0. The second-order valence-electron chi connectivity index (χ2n) is 2.03. The van der Waals surface area contributed by atoms with Gasteiger partial charge in [-0.05, 0) is 19.1 Å². The van der Waals surface area contributed by atoms with Crippen molar-refractivity contribution in [2.24, 2.45) is 0 Å². The first-order chi connectivity index (χ1) is 4.84. The third-order valence-corrected chi connectivity index (χ3v) is 1.26. The zero-order valence-electron chi connectivity index (χ0n) is 5.78. The Hall–Kier alpha value is -1.31. The van der Waals surface area contributed by atoms with E-state index in [0.29, 0.717) is 0 Å². The lowest BCUT2D eigenvalue weighted by Crippen LogP contribution is -1.82. The monoisotopic (exact) mass is 135 g/mol. The number of nitrogens with zero attached hydrogens (tertiary/aromatic N) is 1. The quantitative estimate of drug-likeness (QED) is 0.597. The number of aliphatic hydroxyl groups is 1. The van der Waals surface area contributed by atoms with E-state index < -0.39 is 0 Å². The first kappa shape index (κ1) is 6.81. The van der Waals surface area contributed by atoms with E-state index in [1.807, 2.05) is 25.1 Å². The van der Waals surface area contributed by atoms with Gasteiger partial charge in [-0.15, -0.1) is 0 Å². The summed E-state index contributed by atoms with van der Waals surface area (Å²) in [5, 5.41) is 8.59. The molecule has 2 heteroatoms. The smallest absolute Gasteiger partial charge is 0.0842 e. The van der Waals surface area contributed by atoms with E-state index >= 15 is 0 Å². The zero-order chi connectivity index (χ0) is 7.40. The predicted octanol–water partition coefficient (Wildman–Crippen LogP) is 2.00. The molecule has 52 valence electrons. The van der Waals surface area contributed by atoms with Crippen LogP contribution in [0.5, 0.6) is 0 Å². The molecule has 10 heavy (non-hydrogen) atoms. The molecular formula is C8H9NO. The number of rotatable bonds is 1. The van der Waals surface area contributed by atoms with Crippen molar-refractivity contribution in [3.8, 4) is 0 Å². The van der Waals surface area contributed by atoms with Crippen LogP contribution in [0.4, 0.5) is 0 Å². The van der Waals surface area contributed by atoms with Gasteiger partial charge in [0, 0.05) is 11.8 Å². The fourth-order valence-corrected chi connectivity index (χ4v) is 0.662. The first-order valence-electron chi connectivity index (χ1n) is 3.07. The van der Waals surface area contributed by atoms with Crippen molar-refractivity contribution >= 4 is 5.57 Å². The van der Waals surface area contributed by atoms with Crippen molar-refractivity contribution in [1.29, 1.82) is 0 Å². The van der Waals surface area contributed by atoms with Crippen LogP contribution in [0.1, 0.15) is 12.6 Å². The van der Waals surface area contributed by atoms with Crippen LogP contribution in [-0.4, -0.2) is 10.1 Å². The molecule has 0 radical (unpaired) electrons. The van der Waals surface area contributed by atoms with Crippen LogP contribution in [0.3, 0.4) is 0 Å². The van der Waals surface area contributed by atoms with Crippen molar-refractivity contribution in [3.63, 3.8) is 0 Å². The molecule has 0 fully saturated rings. The van der Waals surface area contributed by atoms with Crippen LogP contribution < -0.4 is 0 Å². The third kappa shape index (κ3) is 1.35. The summed E-state index contributed by atoms with van der Waals surface area (Å²) in [6.07, 6.45) is 2.75. The Kier molecular flexibility index (Phi) is 2.05. The fourth-order valence-electron chi connectivity index (χ4n) is 0.662. The molecule has 1 rings (SSSR count). The summed E-state index contributed by atoms with van der Waals surface area (Å²) in [6, 6.07) is 5.57. The molecule has 0 unspecified atom stereocenters. The van der Waals surface area contributed by atoms with Gasteiger partial charge in [-0.25, -0.2) is 0 Å². The highest BCUT2D eigenvalue weighted by atomic mass is 16.2. The van der Waals surface area contributed by atoms with Crippen LogP contribution in [0.25, 0.3) is 5.57 Å². The first-order valence-corrected chi connectivity index (χ1v) is 3.07. The Bertz CT molecular complexity index is 228. The number of hydrogen-bond acceptors (Lipinski definition) is 2. The minimum atomic E-state index is 0.778. The maximum atomic E-state index is 8.59. The van der Waals surface area contributed by atoms with Crippen molar-refractivity contribution in [2.45, 2.75) is 6.92 Å². The number of aromatic nitrogens is 1. The highest BCUT2D eigenvalue weighted by Gasteiger charge is 1.92. The molecule has 0 spiro atoms. The van der Waals surface area contributed by atoms with Crippen molar-refractivity contribution in [3.05, 3.63) is 36.4 Å². The summed E-state index contributed by atoms with van der Waals surface area (Å²) in [6.45, 7) is 1.81. The normalized spacial score (nSPS) is 11.5. The van der Waals surface area contributed by atoms with Crippen molar-refractivity contribution in [1.82, 2.24) is 4.98 Å². The van der Waals surface area contributed by atoms with Crippen molar-refractivity contribution < 1.29 is 5.11 Å². The molecule has 0 aliphatic rings. The molecule has 1 aromatic heterocycles. The van der Waals surface area contributed by atoms with E-state index in [1.165, 1.54) is 0 Å². The summed E-state index contributed by atoms with van der Waals surface area (Å²) in [4.78, 5) is 4.02. The molecule has 0 aromatic carbocycles. The molecule has 1 heterocycles. The molecular weight excluding hydrogens is 126 g/mol. The van der Waals surface area contributed by atoms with Crippen LogP contribution in [-0.2, 0) is 0 Å². The van der Waals surface area contributed by atoms with E-state index in [9.17, 15) is 0 Å². The van der Waals surface area contributed by atoms with Gasteiger partial charge in [0.2, 0.25) is 0 Å². The predicted molar refractivity (Wildman–Crippen MR) is 40.5 cm³/mol. The minimum Gasteiger partial charge on any atom is -0.515 e. The average molecular weight is 135 g/mol. The zero-order valence-corrected chi connectivity index (χ0v) is 5.78. The highest BCUT2D eigenvalue weighted by Crippen LogP contribution is 2.07. The van der Waals surface area contributed by atoms with Gasteiger partial charge < -0.3 is 5.11 Å². The summed E-state index contributed by atoms with van der Waals surface area (Å²) in [5.74, 6) is 0. The van der Waals surface area contributed by atoms with Gasteiger partial charge in [0.05, 0.1) is 12.0 Å². The average Bonchev–Trinajstić information content (AvgIpc) is 2.05. The standard InChI is InChI=1S/C8H9NO/c1-7(6-10)8-4-2-3-5-9-8/h2-6,10H,1H3. The highest BCUT2D eigenvalue weighted by molar-refractivity contribution is 5.58. The molecule has 0 saturated carbocycles. The molecule has 0 atom stereocenters. The van der Waals surface area contributed by atoms with Gasteiger partial charge in [-0.2, -0.15) is 0 Å². The summed E-state index contributed by atoms with van der Waals surface area (Å²) < 4.78 is 0. The third-order valence-electron chi connectivity index (χ3n) is 1.26. The maximum Gasteiger partial charge on any atom is 0.0842 e. The van der Waals surface area contributed by atoms with E-state index in [2.05, 4.69) is 4.98 Å². The second-order valence-corrected chi connectivity index (χ2v) is 2.03. The van der Waals surface area contributed by atoms with E-state index in [1.54, 1.807) is 6.20 Å². The van der Waals surface area contributed by atoms with Crippen LogP contribution in [0, 0.1) is 0 Å². The van der Waals surface area contributed by atoms with E-state index in [0.717, 1.165) is 17.5 Å². The number of pyridine rings is 1. The van der Waals surface area contributed by atoms with E-state index in [-0.39, 0.29) is 0 Å². The molecule has 2 nitrogen and oxygen atoms in total. The molecule has 0 aliphatic heterocycles. The summed E-state index contributed by atoms with van der Waals surface area (Å²) in [5.41, 5.74) is 1.59. The lowest BCUT2D eigenvalue weighted by atomic mass is 10.2. The van der Waals surface area contributed by atoms with Gasteiger partial charge in [-0.1, -0.05) is 6.07 Å². The number of allylic oxidation sites excluding steroid dienone is 1. The van der Waals surface area contributed by atoms with Gasteiger partial charge in [0.1, 0.15) is 0 Å². The van der Waals surface area contributed by atoms with Gasteiger partial charge in [0.15, 0.2) is 0 Å². The largest absolute Gasteiger partial charge is 0.515 e. The van der Waals surface area contributed by atoms with Gasteiger partial charge in [-0.3, -0.25) is 4.98 Å². The number of aliphatic hydroxyl groups excluding tert-OH is 1. The lowest BCUT2D eigenvalue weighted by Gasteiger charge is -1.94. The fraction of sp³-hybridized carbons (Fsp3) is 0.125. The van der Waals surface area contributed by atoms with Crippen LogP contribution in [0.2, 0.25) is 0 Å².